The molecule has 0 radical (unpaired) electrons. The Morgan fingerprint density at radius 3 is 1.13 bits per heavy atom. The van der Waals surface area contributed by atoms with Crippen LogP contribution >= 0.6 is 0 Å². The van der Waals surface area contributed by atoms with Crippen molar-refractivity contribution in [2.75, 3.05) is 13.2 Å². The second-order valence-corrected chi connectivity index (χ2v) is 28.1. The van der Waals surface area contributed by atoms with E-state index in [9.17, 15) is 35.1 Å². The second-order valence-electron chi connectivity index (χ2n) is 28.1. The molecular formula is C82H153NO10. The Kier molecular flexibility index (Phi) is 66.3. The van der Waals surface area contributed by atoms with Crippen LogP contribution in [0.15, 0.2) is 48.6 Å². The predicted octanol–water partition coefficient (Wildman–Crippen LogP) is 21.9. The van der Waals surface area contributed by atoms with Crippen LogP contribution < -0.4 is 5.32 Å². The van der Waals surface area contributed by atoms with Crippen LogP contribution in [0.4, 0.5) is 0 Å². The molecule has 1 fully saturated rings. The maximum Gasteiger partial charge on any atom is 0.306 e. The van der Waals surface area contributed by atoms with E-state index in [0.717, 1.165) is 64.2 Å². The van der Waals surface area contributed by atoms with Gasteiger partial charge in [0, 0.05) is 6.42 Å². The number of allylic oxidation sites excluding steroid dienone is 7. The average Bonchev–Trinajstić information content (AvgIpc) is 0.974. The van der Waals surface area contributed by atoms with Gasteiger partial charge in [-0.3, -0.25) is 9.59 Å². The third-order valence-electron chi connectivity index (χ3n) is 19.2. The zero-order valence-electron chi connectivity index (χ0n) is 61.1. The molecule has 0 aromatic rings. The van der Waals surface area contributed by atoms with Crippen molar-refractivity contribution in [2.24, 2.45) is 0 Å². The first kappa shape index (κ1) is 88.6. The van der Waals surface area contributed by atoms with Crippen molar-refractivity contribution in [3.63, 3.8) is 0 Å². The molecule has 11 heteroatoms. The molecule has 0 spiro atoms. The molecule has 1 amide bonds. The number of ether oxygens (including phenoxy) is 3. The van der Waals surface area contributed by atoms with E-state index >= 15 is 0 Å². The molecule has 11 nitrogen and oxygen atoms in total. The van der Waals surface area contributed by atoms with Crippen LogP contribution in [-0.2, 0) is 23.8 Å². The van der Waals surface area contributed by atoms with Gasteiger partial charge in [-0.15, -0.1) is 0 Å². The lowest BCUT2D eigenvalue weighted by atomic mass is 9.99. The molecule has 0 aromatic heterocycles. The van der Waals surface area contributed by atoms with Crippen molar-refractivity contribution in [3.05, 3.63) is 48.6 Å². The van der Waals surface area contributed by atoms with Crippen LogP contribution in [0.5, 0.6) is 0 Å². The number of aliphatic hydroxyl groups is 5. The number of aliphatic hydroxyl groups excluding tert-OH is 5. The summed E-state index contributed by atoms with van der Waals surface area (Å²) in [6.45, 7) is 5.83. The van der Waals surface area contributed by atoms with Crippen molar-refractivity contribution in [2.45, 2.75) is 449 Å². The van der Waals surface area contributed by atoms with Gasteiger partial charge in [-0.1, -0.05) is 358 Å². The van der Waals surface area contributed by atoms with Crippen LogP contribution in [0.2, 0.25) is 0 Å². The maximum absolute atomic E-state index is 13.5. The lowest BCUT2D eigenvalue weighted by molar-refractivity contribution is -0.305. The van der Waals surface area contributed by atoms with E-state index in [1.807, 2.05) is 6.08 Å². The standard InChI is InChI=1S/C82H153NO10/c1-4-7-10-13-16-19-22-24-26-28-30-32-34-36-38-40-42-44-46-48-50-52-55-58-61-64-67-70-77(87)93-80-79(89)78(88)76(71-84)92-82(80)91-72-73(74(85)68-65-62-59-56-53-21-18-15-12-9-6-3)83-81(90)75(86)69-66-63-60-57-54-51-49-47-45-43-41-39-37-35-33-31-29-27-25-23-20-17-14-11-8-5-2/h17,20,24-27,65,68,73-76,78-80,82,84-86,88-89H,4-16,18-19,21-23,28-64,66-67,69-72H2,1-3H3,(H,83,90)/b20-17-,26-24+,27-25-,68-65+. The first-order chi connectivity index (χ1) is 45.7. The number of nitrogens with one attached hydrogen (secondary N) is 1. The van der Waals surface area contributed by atoms with E-state index in [4.69, 9.17) is 14.2 Å². The molecule has 0 aromatic carbocycles. The Balaban J connectivity index is 2.45. The van der Waals surface area contributed by atoms with Gasteiger partial charge in [0.25, 0.3) is 0 Å². The molecule has 1 aliphatic heterocycles. The monoisotopic (exact) mass is 1310 g/mol. The molecule has 0 bridgehead atoms. The summed E-state index contributed by atoms with van der Waals surface area (Å²) in [4.78, 5) is 26.8. The first-order valence-corrected chi connectivity index (χ1v) is 40.4. The number of amides is 1. The number of unbranched alkanes of at least 4 members (excludes halogenated alkanes) is 51. The van der Waals surface area contributed by atoms with E-state index in [-0.39, 0.29) is 13.0 Å². The smallest absolute Gasteiger partial charge is 0.306 e. The van der Waals surface area contributed by atoms with Gasteiger partial charge >= 0.3 is 5.97 Å². The SMILES string of the molecule is CCCCC/C=C\C/C=C\CCCCCCCCCCCCCCCCCCC(O)C(=O)NC(COC1OC(CO)C(O)C(O)C1OC(=O)CCCCCCCCCCCCCCCCCCC/C=C/CCCCCCCC)C(O)/C=C/CCCCCCCCCCC. The zero-order chi connectivity index (χ0) is 67.4. The highest BCUT2D eigenvalue weighted by molar-refractivity contribution is 5.80. The molecule has 0 aliphatic carbocycles. The lowest BCUT2D eigenvalue weighted by Gasteiger charge is -2.41. The molecular weight excluding hydrogens is 1160 g/mol. The van der Waals surface area contributed by atoms with Crippen LogP contribution in [-0.4, -0.2) is 99.6 Å². The number of rotatable bonds is 71. The van der Waals surface area contributed by atoms with E-state index in [0.29, 0.717) is 19.3 Å². The number of carbonyl (C=O) groups excluding carboxylic acids is 2. The van der Waals surface area contributed by atoms with Gasteiger partial charge in [0.2, 0.25) is 5.91 Å². The number of hydrogen-bond donors (Lipinski definition) is 6. The summed E-state index contributed by atoms with van der Waals surface area (Å²) in [6.07, 6.45) is 78.9. The fourth-order valence-electron chi connectivity index (χ4n) is 12.9. The molecule has 93 heavy (non-hydrogen) atoms. The Morgan fingerprint density at radius 1 is 0.419 bits per heavy atom. The summed E-state index contributed by atoms with van der Waals surface area (Å²) in [7, 11) is 0. The van der Waals surface area contributed by atoms with E-state index in [2.05, 4.69) is 62.5 Å². The van der Waals surface area contributed by atoms with Gasteiger partial charge < -0.3 is 45.1 Å². The van der Waals surface area contributed by atoms with Gasteiger partial charge in [-0.2, -0.15) is 0 Å². The molecule has 1 aliphatic rings. The van der Waals surface area contributed by atoms with Crippen molar-refractivity contribution in [1.29, 1.82) is 0 Å². The van der Waals surface area contributed by atoms with Crippen molar-refractivity contribution in [1.82, 2.24) is 5.32 Å². The number of carbonyl (C=O) groups is 2. The van der Waals surface area contributed by atoms with Crippen LogP contribution in [0.1, 0.15) is 400 Å². The largest absolute Gasteiger partial charge is 0.454 e. The Hall–Kier alpha value is -2.38. The molecule has 6 N–H and O–H groups in total. The lowest BCUT2D eigenvalue weighted by Crippen LogP contribution is -2.61. The molecule has 1 heterocycles. The Morgan fingerprint density at radius 2 is 0.742 bits per heavy atom. The van der Waals surface area contributed by atoms with Crippen molar-refractivity contribution < 1.29 is 49.3 Å². The summed E-state index contributed by atoms with van der Waals surface area (Å²) in [5.41, 5.74) is 0. The average molecular weight is 1310 g/mol. The van der Waals surface area contributed by atoms with Crippen molar-refractivity contribution in [3.8, 4) is 0 Å². The van der Waals surface area contributed by atoms with Gasteiger partial charge in [0.15, 0.2) is 12.4 Å². The van der Waals surface area contributed by atoms with Gasteiger partial charge in [-0.25, -0.2) is 0 Å². The van der Waals surface area contributed by atoms with Gasteiger partial charge in [0.1, 0.15) is 24.4 Å². The minimum Gasteiger partial charge on any atom is -0.454 e. The third kappa shape index (κ3) is 56.2. The molecule has 1 saturated heterocycles. The minimum atomic E-state index is -1.61. The number of esters is 1. The topological polar surface area (TPSA) is 175 Å². The summed E-state index contributed by atoms with van der Waals surface area (Å²) < 4.78 is 17.8. The second kappa shape index (κ2) is 69.5. The molecule has 8 atom stereocenters. The van der Waals surface area contributed by atoms with E-state index in [1.54, 1.807) is 6.08 Å². The highest BCUT2D eigenvalue weighted by Crippen LogP contribution is 2.27. The fourth-order valence-corrected chi connectivity index (χ4v) is 12.9. The normalized spacial score (nSPS) is 18.0. The van der Waals surface area contributed by atoms with Gasteiger partial charge in [0.05, 0.1) is 25.4 Å². The maximum atomic E-state index is 13.5. The fraction of sp³-hybridized carbons (Fsp3) is 0.878. The predicted molar refractivity (Wildman–Crippen MR) is 394 cm³/mol. The quantitative estimate of drug-likeness (QED) is 0.0195. The van der Waals surface area contributed by atoms with Crippen molar-refractivity contribution >= 4 is 11.9 Å². The molecule has 0 saturated carbocycles. The molecule has 546 valence electrons. The molecule has 1 rings (SSSR count). The highest BCUT2D eigenvalue weighted by Gasteiger charge is 2.47. The third-order valence-corrected chi connectivity index (χ3v) is 19.2. The molecule has 8 unspecified atom stereocenters. The minimum absolute atomic E-state index is 0.128. The van der Waals surface area contributed by atoms with Crippen LogP contribution in [0.3, 0.4) is 0 Å². The number of hydrogen-bond acceptors (Lipinski definition) is 10. The summed E-state index contributed by atoms with van der Waals surface area (Å²) in [6, 6.07) is -1.02. The highest BCUT2D eigenvalue weighted by atomic mass is 16.7. The van der Waals surface area contributed by atoms with Crippen LogP contribution in [0.25, 0.3) is 0 Å². The first-order valence-electron chi connectivity index (χ1n) is 40.4. The van der Waals surface area contributed by atoms with E-state index < -0.39 is 67.4 Å². The zero-order valence-corrected chi connectivity index (χ0v) is 61.1. The van der Waals surface area contributed by atoms with Gasteiger partial charge in [-0.05, 0) is 83.5 Å². The summed E-state index contributed by atoms with van der Waals surface area (Å²) >= 11 is 0. The summed E-state index contributed by atoms with van der Waals surface area (Å²) in [5.74, 6) is -1.18. The Bertz CT molecular complexity index is 1700. The van der Waals surface area contributed by atoms with E-state index in [1.165, 1.54) is 289 Å². The Labute approximate surface area is 574 Å². The van der Waals surface area contributed by atoms with Crippen LogP contribution in [0, 0.1) is 0 Å². The summed E-state index contributed by atoms with van der Waals surface area (Å²) in [5, 5.41) is 57.4.